The van der Waals surface area contributed by atoms with Crippen molar-refractivity contribution < 1.29 is 34.2 Å². The zero-order valence-electron chi connectivity index (χ0n) is 22.7. The Morgan fingerprint density at radius 2 is 1.54 bits per heavy atom. The lowest BCUT2D eigenvalue weighted by Gasteiger charge is -2.27. The van der Waals surface area contributed by atoms with Gasteiger partial charge in [0.25, 0.3) is 0 Å². The first-order valence-corrected chi connectivity index (χ1v) is 13.0. The van der Waals surface area contributed by atoms with Gasteiger partial charge in [0.15, 0.2) is 0 Å². The third-order valence-corrected chi connectivity index (χ3v) is 6.81. The summed E-state index contributed by atoms with van der Waals surface area (Å²) in [6.45, 7) is 6.96. The number of H-pyrrole nitrogens is 1. The first-order valence-electron chi connectivity index (χ1n) is 13.0. The third-order valence-electron chi connectivity index (χ3n) is 6.81. The SMILES string of the molecule is CCC(C)C(NC(=O)C(Cc1c[nH]c2ccccc12)NC(=O)C(CCC(=O)O)NC(=O)C(N)C(C)C)C(=O)O. The normalized spacial score (nSPS) is 15.1. The number of aromatic nitrogens is 1. The molecule has 5 atom stereocenters. The second kappa shape index (κ2) is 14.3. The number of rotatable bonds is 15. The molecule has 2 rings (SSSR count). The second-order valence-corrected chi connectivity index (χ2v) is 10.1. The number of carbonyl (C=O) groups is 5. The molecular weight excluding hydrogens is 506 g/mol. The molecule has 0 radical (unpaired) electrons. The van der Waals surface area contributed by atoms with Crippen LogP contribution in [0.3, 0.4) is 0 Å². The van der Waals surface area contributed by atoms with E-state index in [-0.39, 0.29) is 24.7 Å². The Labute approximate surface area is 227 Å². The number of nitrogens with one attached hydrogen (secondary N) is 4. The van der Waals surface area contributed by atoms with Gasteiger partial charge in [-0.05, 0) is 29.9 Å². The van der Waals surface area contributed by atoms with Crippen molar-refractivity contribution in [1.82, 2.24) is 20.9 Å². The minimum Gasteiger partial charge on any atom is -0.481 e. The Hall–Kier alpha value is -3.93. The van der Waals surface area contributed by atoms with E-state index >= 15 is 0 Å². The van der Waals surface area contributed by atoms with Crippen molar-refractivity contribution in [3.05, 3.63) is 36.0 Å². The average molecular weight is 546 g/mol. The van der Waals surface area contributed by atoms with E-state index in [9.17, 15) is 29.1 Å². The fraction of sp³-hybridized carbons (Fsp3) is 0.519. The molecule has 214 valence electrons. The van der Waals surface area contributed by atoms with E-state index in [1.807, 2.05) is 24.3 Å². The summed E-state index contributed by atoms with van der Waals surface area (Å²) in [6, 6.07) is 2.76. The Morgan fingerprint density at radius 1 is 0.923 bits per heavy atom. The molecule has 8 N–H and O–H groups in total. The van der Waals surface area contributed by atoms with Crippen molar-refractivity contribution >= 4 is 40.6 Å². The van der Waals surface area contributed by atoms with Crippen molar-refractivity contribution in [2.75, 3.05) is 0 Å². The fourth-order valence-electron chi connectivity index (χ4n) is 4.05. The van der Waals surface area contributed by atoms with Crippen molar-refractivity contribution in [2.24, 2.45) is 17.6 Å². The fourth-order valence-corrected chi connectivity index (χ4v) is 4.05. The summed E-state index contributed by atoms with van der Waals surface area (Å²) in [7, 11) is 0. The van der Waals surface area contributed by atoms with Crippen LogP contribution in [0.5, 0.6) is 0 Å². The molecule has 0 aliphatic carbocycles. The average Bonchev–Trinajstić information content (AvgIpc) is 3.30. The van der Waals surface area contributed by atoms with Gasteiger partial charge in [-0.25, -0.2) is 4.79 Å². The lowest BCUT2D eigenvalue weighted by molar-refractivity contribution is -0.143. The van der Waals surface area contributed by atoms with Gasteiger partial charge in [-0.15, -0.1) is 0 Å². The molecule has 12 heteroatoms. The standard InChI is InChI=1S/C27H39N5O7/c1-5-15(4)23(27(38)39)32-25(36)20(12-16-13-29-18-9-7-6-8-17(16)18)31-24(35)19(10-11-21(33)34)30-26(37)22(28)14(2)3/h6-9,13-15,19-20,22-23,29H,5,10-12,28H2,1-4H3,(H,30,37)(H,31,35)(H,32,36)(H,33,34)(H,38,39). The van der Waals surface area contributed by atoms with E-state index in [1.165, 1.54) is 0 Å². The van der Waals surface area contributed by atoms with Gasteiger partial charge in [-0.1, -0.05) is 52.3 Å². The summed E-state index contributed by atoms with van der Waals surface area (Å²) >= 11 is 0. The summed E-state index contributed by atoms with van der Waals surface area (Å²) in [5.41, 5.74) is 7.42. The van der Waals surface area contributed by atoms with Gasteiger partial charge in [0.05, 0.1) is 6.04 Å². The van der Waals surface area contributed by atoms with E-state index in [0.717, 1.165) is 10.9 Å². The molecule has 3 amide bonds. The third kappa shape index (κ3) is 8.81. The Balaban J connectivity index is 2.36. The number of nitrogens with two attached hydrogens (primary N) is 1. The molecule has 0 aliphatic heterocycles. The first kappa shape index (κ1) is 31.3. The van der Waals surface area contributed by atoms with Gasteiger partial charge in [-0.2, -0.15) is 0 Å². The molecule has 0 spiro atoms. The highest BCUT2D eigenvalue weighted by Crippen LogP contribution is 2.20. The smallest absolute Gasteiger partial charge is 0.326 e. The second-order valence-electron chi connectivity index (χ2n) is 10.1. The minimum absolute atomic E-state index is 0.0134. The number of aromatic amines is 1. The van der Waals surface area contributed by atoms with Crippen LogP contribution in [0.15, 0.2) is 30.5 Å². The number of hydrogen-bond acceptors (Lipinski definition) is 6. The van der Waals surface area contributed by atoms with Gasteiger partial charge in [0.2, 0.25) is 17.7 Å². The van der Waals surface area contributed by atoms with Gasteiger partial charge in [-0.3, -0.25) is 19.2 Å². The zero-order valence-corrected chi connectivity index (χ0v) is 22.7. The largest absolute Gasteiger partial charge is 0.481 e. The number of para-hydroxylation sites is 1. The van der Waals surface area contributed by atoms with Crippen LogP contribution in [0.25, 0.3) is 10.9 Å². The Bertz CT molecular complexity index is 1180. The number of fused-ring (bicyclic) bond motifs is 1. The number of benzene rings is 1. The number of hydrogen-bond donors (Lipinski definition) is 7. The van der Waals surface area contributed by atoms with Crippen LogP contribution >= 0.6 is 0 Å². The predicted octanol–water partition coefficient (Wildman–Crippen LogP) is 1.14. The molecule has 0 aliphatic rings. The van der Waals surface area contributed by atoms with Crippen LogP contribution < -0.4 is 21.7 Å². The first-order chi connectivity index (χ1) is 18.3. The zero-order chi connectivity index (χ0) is 29.3. The maximum absolute atomic E-state index is 13.4. The molecule has 0 bridgehead atoms. The number of carboxylic acids is 2. The highest BCUT2D eigenvalue weighted by atomic mass is 16.4. The van der Waals surface area contributed by atoms with Gasteiger partial charge in [0, 0.05) is 29.9 Å². The lowest BCUT2D eigenvalue weighted by Crippen LogP contribution is -2.58. The highest BCUT2D eigenvalue weighted by Gasteiger charge is 2.33. The predicted molar refractivity (Wildman–Crippen MR) is 145 cm³/mol. The van der Waals surface area contributed by atoms with Crippen LogP contribution in [0, 0.1) is 11.8 Å². The molecule has 5 unspecified atom stereocenters. The number of carbonyl (C=O) groups excluding carboxylic acids is 3. The van der Waals surface area contributed by atoms with Crippen LogP contribution in [0.4, 0.5) is 0 Å². The van der Waals surface area contributed by atoms with Crippen LogP contribution in [0.1, 0.15) is 52.5 Å². The number of carboxylic acid groups (broad SMARTS) is 2. The summed E-state index contributed by atoms with van der Waals surface area (Å²) in [6.07, 6.45) is 1.56. The van der Waals surface area contributed by atoms with Crippen molar-refractivity contribution in [3.63, 3.8) is 0 Å². The minimum atomic E-state index is -1.28. The van der Waals surface area contributed by atoms with E-state index in [0.29, 0.717) is 12.0 Å². The molecule has 1 heterocycles. The topological polar surface area (TPSA) is 204 Å². The van der Waals surface area contributed by atoms with Crippen molar-refractivity contribution in [2.45, 2.75) is 77.5 Å². The maximum Gasteiger partial charge on any atom is 0.326 e. The Morgan fingerprint density at radius 3 is 2.13 bits per heavy atom. The molecule has 39 heavy (non-hydrogen) atoms. The maximum atomic E-state index is 13.4. The van der Waals surface area contributed by atoms with Crippen molar-refractivity contribution in [3.8, 4) is 0 Å². The van der Waals surface area contributed by atoms with Crippen molar-refractivity contribution in [1.29, 1.82) is 0 Å². The van der Waals surface area contributed by atoms with Crippen LogP contribution in [-0.4, -0.2) is 69.0 Å². The van der Waals surface area contributed by atoms with Gasteiger partial charge in [0.1, 0.15) is 18.1 Å². The van der Waals surface area contributed by atoms with Gasteiger partial charge < -0.3 is 36.9 Å². The van der Waals surface area contributed by atoms with E-state index < -0.39 is 60.2 Å². The van der Waals surface area contributed by atoms with Gasteiger partial charge >= 0.3 is 11.9 Å². The van der Waals surface area contributed by atoms with E-state index in [1.54, 1.807) is 33.9 Å². The van der Waals surface area contributed by atoms with Crippen LogP contribution in [-0.2, 0) is 30.4 Å². The molecule has 1 aromatic carbocycles. The summed E-state index contributed by atoms with van der Waals surface area (Å²) in [5.74, 6) is -5.11. The molecule has 0 fully saturated rings. The monoisotopic (exact) mass is 545 g/mol. The molecule has 0 saturated heterocycles. The summed E-state index contributed by atoms with van der Waals surface area (Å²) in [4.78, 5) is 65.5. The molecule has 2 aromatic rings. The molecular formula is C27H39N5O7. The number of amides is 3. The highest BCUT2D eigenvalue weighted by molar-refractivity contribution is 5.95. The summed E-state index contributed by atoms with van der Waals surface area (Å²) in [5, 5.41) is 27.3. The van der Waals surface area contributed by atoms with E-state index in [2.05, 4.69) is 20.9 Å². The van der Waals surface area contributed by atoms with E-state index in [4.69, 9.17) is 10.8 Å². The molecule has 12 nitrogen and oxygen atoms in total. The summed E-state index contributed by atoms with van der Waals surface area (Å²) < 4.78 is 0. The Kier molecular flexibility index (Phi) is 11.5. The van der Waals surface area contributed by atoms with Crippen LogP contribution in [0.2, 0.25) is 0 Å². The molecule has 1 aromatic heterocycles. The molecule has 0 saturated carbocycles. The lowest BCUT2D eigenvalue weighted by atomic mass is 9.97. The quantitative estimate of drug-likeness (QED) is 0.172. The number of aliphatic carboxylic acids is 2.